The van der Waals surface area contributed by atoms with E-state index in [1.54, 1.807) is 6.07 Å². The Morgan fingerprint density at radius 1 is 1.19 bits per heavy atom. The van der Waals surface area contributed by atoms with Gasteiger partial charge in [0.15, 0.2) is 12.7 Å². The fraction of sp³-hybridized carbons (Fsp3) is 0.176. The summed E-state index contributed by atoms with van der Waals surface area (Å²) in [6.07, 6.45) is -1.00. The van der Waals surface area contributed by atoms with Crippen molar-refractivity contribution in [1.82, 2.24) is 0 Å². The number of non-ortho nitro benzene ring substituents is 1. The van der Waals surface area contributed by atoms with Crippen molar-refractivity contribution in [2.45, 2.75) is 13.0 Å². The molecule has 0 aromatic heterocycles. The molecular formula is C17H14Cl2N2O6. The number of amides is 1. The molecule has 1 N–H and O–H groups in total. The Hall–Kier alpha value is -2.84. The van der Waals surface area contributed by atoms with Crippen LogP contribution in [0.1, 0.15) is 6.92 Å². The number of anilines is 1. The van der Waals surface area contributed by atoms with Gasteiger partial charge >= 0.3 is 5.97 Å². The zero-order valence-electron chi connectivity index (χ0n) is 14.0. The molecule has 2 aromatic rings. The number of nitrogens with zero attached hydrogens (tertiary/aromatic N) is 1. The van der Waals surface area contributed by atoms with Crippen molar-refractivity contribution in [3.63, 3.8) is 0 Å². The highest BCUT2D eigenvalue weighted by Gasteiger charge is 2.19. The number of nitro benzene ring substituents is 1. The Balaban J connectivity index is 1.83. The molecule has 10 heteroatoms. The van der Waals surface area contributed by atoms with Gasteiger partial charge in [0.1, 0.15) is 5.75 Å². The van der Waals surface area contributed by atoms with E-state index < -0.39 is 29.5 Å². The second kappa shape index (κ2) is 9.20. The van der Waals surface area contributed by atoms with Crippen LogP contribution in [0.15, 0.2) is 42.5 Å². The number of halogens is 2. The molecule has 0 radical (unpaired) electrons. The number of nitro groups is 1. The van der Waals surface area contributed by atoms with Crippen LogP contribution in [0.3, 0.4) is 0 Å². The zero-order valence-corrected chi connectivity index (χ0v) is 15.5. The summed E-state index contributed by atoms with van der Waals surface area (Å²) in [6, 6.07) is 9.75. The Labute approximate surface area is 164 Å². The molecule has 0 spiro atoms. The van der Waals surface area contributed by atoms with Gasteiger partial charge in [-0.15, -0.1) is 0 Å². The number of rotatable bonds is 7. The highest BCUT2D eigenvalue weighted by Crippen LogP contribution is 2.28. The van der Waals surface area contributed by atoms with Crippen molar-refractivity contribution in [2.24, 2.45) is 0 Å². The van der Waals surface area contributed by atoms with E-state index in [0.29, 0.717) is 10.7 Å². The van der Waals surface area contributed by atoms with Crippen molar-refractivity contribution in [3.8, 4) is 5.75 Å². The van der Waals surface area contributed by atoms with Gasteiger partial charge in [0.2, 0.25) is 0 Å². The van der Waals surface area contributed by atoms with E-state index in [2.05, 4.69) is 5.32 Å². The van der Waals surface area contributed by atoms with Crippen LogP contribution in [-0.4, -0.2) is 29.5 Å². The molecule has 0 fully saturated rings. The fourth-order valence-corrected chi connectivity index (χ4v) is 2.38. The molecule has 2 aromatic carbocycles. The van der Waals surface area contributed by atoms with E-state index >= 15 is 0 Å². The van der Waals surface area contributed by atoms with Crippen LogP contribution in [0.2, 0.25) is 10.0 Å². The molecule has 2 rings (SSSR count). The first-order chi connectivity index (χ1) is 12.8. The average Bonchev–Trinajstić information content (AvgIpc) is 2.62. The molecule has 0 aliphatic heterocycles. The van der Waals surface area contributed by atoms with Crippen molar-refractivity contribution in [3.05, 3.63) is 62.6 Å². The van der Waals surface area contributed by atoms with Gasteiger partial charge in [-0.2, -0.15) is 0 Å². The van der Waals surface area contributed by atoms with Crippen molar-refractivity contribution < 1.29 is 24.0 Å². The molecule has 27 heavy (non-hydrogen) atoms. The second-order valence-corrected chi connectivity index (χ2v) is 6.14. The Morgan fingerprint density at radius 3 is 2.44 bits per heavy atom. The number of hydrogen-bond donors (Lipinski definition) is 1. The molecule has 0 saturated heterocycles. The van der Waals surface area contributed by atoms with E-state index in [0.717, 1.165) is 0 Å². The quantitative estimate of drug-likeness (QED) is 0.420. The van der Waals surface area contributed by atoms with Gasteiger partial charge in [-0.3, -0.25) is 14.9 Å². The van der Waals surface area contributed by atoms with Crippen LogP contribution in [-0.2, 0) is 14.3 Å². The van der Waals surface area contributed by atoms with Crippen LogP contribution in [0.25, 0.3) is 0 Å². The lowest BCUT2D eigenvalue weighted by Crippen LogP contribution is -2.29. The molecule has 0 saturated carbocycles. The van der Waals surface area contributed by atoms with E-state index in [4.69, 9.17) is 32.7 Å². The van der Waals surface area contributed by atoms with E-state index in [-0.39, 0.29) is 16.5 Å². The van der Waals surface area contributed by atoms with E-state index in [1.165, 1.54) is 43.3 Å². The topological polar surface area (TPSA) is 108 Å². The van der Waals surface area contributed by atoms with Gasteiger partial charge in [0.05, 0.1) is 9.95 Å². The third-order valence-electron chi connectivity index (χ3n) is 3.24. The summed E-state index contributed by atoms with van der Waals surface area (Å²) in [5.74, 6) is -1.12. The maximum atomic E-state index is 11.9. The predicted molar refractivity (Wildman–Crippen MR) is 99.2 cm³/mol. The van der Waals surface area contributed by atoms with Gasteiger partial charge in [-0.25, -0.2) is 4.79 Å². The normalized spacial score (nSPS) is 11.4. The molecule has 0 heterocycles. The number of nitrogens with one attached hydrogen (secondary N) is 1. The van der Waals surface area contributed by atoms with Crippen molar-refractivity contribution >= 4 is 46.5 Å². The lowest BCUT2D eigenvalue weighted by molar-refractivity contribution is -0.384. The number of hydrogen-bond acceptors (Lipinski definition) is 6. The molecule has 142 valence electrons. The molecule has 0 aliphatic carbocycles. The SMILES string of the molecule is C[C@H](Oc1ccc(Cl)cc1Cl)C(=O)OCC(=O)Nc1ccc([N+](=O)[O-])cc1. The minimum Gasteiger partial charge on any atom is -0.477 e. The summed E-state index contributed by atoms with van der Waals surface area (Å²) < 4.78 is 10.3. The molecule has 0 aliphatic rings. The van der Waals surface area contributed by atoms with Crippen LogP contribution >= 0.6 is 23.2 Å². The maximum absolute atomic E-state index is 11.9. The highest BCUT2D eigenvalue weighted by molar-refractivity contribution is 6.35. The third kappa shape index (κ3) is 6.12. The number of ether oxygens (including phenoxy) is 2. The van der Waals surface area contributed by atoms with Gasteiger partial charge < -0.3 is 14.8 Å². The number of esters is 1. The maximum Gasteiger partial charge on any atom is 0.347 e. The van der Waals surface area contributed by atoms with Crippen molar-refractivity contribution in [2.75, 3.05) is 11.9 Å². The third-order valence-corrected chi connectivity index (χ3v) is 3.77. The Morgan fingerprint density at radius 2 is 1.85 bits per heavy atom. The summed E-state index contributed by atoms with van der Waals surface area (Å²) >= 11 is 11.7. The van der Waals surface area contributed by atoms with Gasteiger partial charge in [0, 0.05) is 22.8 Å². The minimum absolute atomic E-state index is 0.105. The predicted octanol–water partition coefficient (Wildman–Crippen LogP) is 3.85. The van der Waals surface area contributed by atoms with Crippen LogP contribution in [0, 0.1) is 10.1 Å². The molecule has 8 nitrogen and oxygen atoms in total. The number of carbonyl (C=O) groups is 2. The van der Waals surface area contributed by atoms with Gasteiger partial charge in [0.25, 0.3) is 11.6 Å². The summed E-state index contributed by atoms with van der Waals surface area (Å²) in [4.78, 5) is 33.8. The van der Waals surface area contributed by atoms with Crippen LogP contribution in [0.5, 0.6) is 5.75 Å². The summed E-state index contributed by atoms with van der Waals surface area (Å²) in [6.45, 7) is 0.902. The summed E-state index contributed by atoms with van der Waals surface area (Å²) in [7, 11) is 0. The fourth-order valence-electron chi connectivity index (χ4n) is 1.93. The van der Waals surface area contributed by atoms with Crippen LogP contribution in [0.4, 0.5) is 11.4 Å². The molecule has 1 atom stereocenters. The van der Waals surface area contributed by atoms with E-state index in [9.17, 15) is 19.7 Å². The van der Waals surface area contributed by atoms with E-state index in [1.807, 2.05) is 0 Å². The number of carbonyl (C=O) groups excluding carboxylic acids is 2. The Kier molecular flexibility index (Phi) is 6.98. The largest absolute Gasteiger partial charge is 0.477 e. The second-order valence-electron chi connectivity index (χ2n) is 5.29. The first-order valence-electron chi connectivity index (χ1n) is 7.59. The highest BCUT2D eigenvalue weighted by atomic mass is 35.5. The lowest BCUT2D eigenvalue weighted by Gasteiger charge is -2.15. The molecule has 0 unspecified atom stereocenters. The van der Waals surface area contributed by atoms with Gasteiger partial charge in [-0.05, 0) is 37.3 Å². The lowest BCUT2D eigenvalue weighted by atomic mass is 10.3. The first-order valence-corrected chi connectivity index (χ1v) is 8.34. The van der Waals surface area contributed by atoms with Crippen LogP contribution < -0.4 is 10.1 Å². The summed E-state index contributed by atoms with van der Waals surface area (Å²) in [5, 5.41) is 13.7. The summed E-state index contributed by atoms with van der Waals surface area (Å²) in [5.41, 5.74) is 0.227. The first kappa shape index (κ1) is 20.5. The van der Waals surface area contributed by atoms with Gasteiger partial charge in [-0.1, -0.05) is 23.2 Å². The monoisotopic (exact) mass is 412 g/mol. The molecular weight excluding hydrogens is 399 g/mol. The molecule has 0 bridgehead atoms. The van der Waals surface area contributed by atoms with Crippen molar-refractivity contribution in [1.29, 1.82) is 0 Å². The smallest absolute Gasteiger partial charge is 0.347 e. The minimum atomic E-state index is -1.00. The zero-order chi connectivity index (χ0) is 20.0. The number of benzene rings is 2. The average molecular weight is 413 g/mol. The Bertz CT molecular complexity index is 857. The standard InChI is InChI=1S/C17H14Cl2N2O6/c1-10(27-15-7-2-11(18)8-14(15)19)17(23)26-9-16(22)20-12-3-5-13(6-4-12)21(24)25/h2-8,10H,9H2,1H3,(H,20,22)/t10-/m0/s1. The molecule has 1 amide bonds.